The lowest BCUT2D eigenvalue weighted by Gasteiger charge is -2.05. The molecule has 0 saturated heterocycles. The molecule has 3 N–H and O–H groups in total. The fourth-order valence-corrected chi connectivity index (χ4v) is 2.27. The van der Waals surface area contributed by atoms with Crippen molar-refractivity contribution in [3.05, 3.63) is 39.6 Å². The Morgan fingerprint density at radius 2 is 2.00 bits per heavy atom. The molecule has 0 fully saturated rings. The second-order valence-corrected chi connectivity index (χ2v) is 4.84. The molecule has 6 nitrogen and oxygen atoms in total. The van der Waals surface area contributed by atoms with Gasteiger partial charge in [0.05, 0.1) is 10.7 Å². The maximum absolute atomic E-state index is 11.8. The number of nitrogens with one attached hydrogen (secondary N) is 3. The van der Waals surface area contributed by atoms with Crippen molar-refractivity contribution in [2.75, 3.05) is 0 Å². The van der Waals surface area contributed by atoms with Crippen LogP contribution in [0.3, 0.4) is 0 Å². The summed E-state index contributed by atoms with van der Waals surface area (Å²) in [6.45, 7) is 3.58. The Labute approximate surface area is 107 Å². The zero-order valence-corrected chi connectivity index (χ0v) is 10.7. The van der Waals surface area contributed by atoms with Crippen LogP contribution in [0, 0.1) is 13.8 Å². The first-order valence-corrected chi connectivity index (χ1v) is 6.07. The third-order valence-corrected chi connectivity index (χ3v) is 3.31. The number of hydrogen-bond donors (Lipinski definition) is 3. The Bertz CT molecular complexity index is 574. The van der Waals surface area contributed by atoms with E-state index in [1.807, 2.05) is 6.92 Å². The Kier molecular flexibility index (Phi) is 3.42. The number of rotatable bonds is 2. The summed E-state index contributed by atoms with van der Waals surface area (Å²) >= 11 is 1.29. The number of aromatic amines is 1. The van der Waals surface area contributed by atoms with Gasteiger partial charge in [-0.3, -0.25) is 20.4 Å². The fraction of sp³-hybridized carbons (Fsp3) is 0.182. The lowest BCUT2D eigenvalue weighted by atomic mass is 10.4. The van der Waals surface area contributed by atoms with Crippen LogP contribution in [0.4, 0.5) is 0 Å². The Balaban J connectivity index is 1.97. The minimum absolute atomic E-state index is 0.363. The quantitative estimate of drug-likeness (QED) is 0.711. The molecule has 0 spiro atoms. The first-order chi connectivity index (χ1) is 8.58. The summed E-state index contributed by atoms with van der Waals surface area (Å²) in [6, 6.07) is 3.32. The average molecular weight is 264 g/mol. The van der Waals surface area contributed by atoms with E-state index >= 15 is 0 Å². The van der Waals surface area contributed by atoms with Gasteiger partial charge in [0, 0.05) is 6.20 Å². The van der Waals surface area contributed by atoms with Crippen molar-refractivity contribution >= 4 is 23.2 Å². The molecule has 94 valence electrons. The molecule has 18 heavy (non-hydrogen) atoms. The number of nitrogens with zero attached hydrogens (tertiary/aromatic N) is 1. The Morgan fingerprint density at radius 3 is 2.56 bits per heavy atom. The van der Waals surface area contributed by atoms with Gasteiger partial charge < -0.3 is 4.98 Å². The van der Waals surface area contributed by atoms with E-state index in [1.165, 1.54) is 11.3 Å². The van der Waals surface area contributed by atoms with Crippen molar-refractivity contribution in [3.8, 4) is 0 Å². The number of carbonyl (C=O) groups excluding carboxylic acids is 2. The SMILES string of the molecule is Cc1nc(C)c(C(=O)NNC(=O)c2ccc[nH]2)s1. The minimum atomic E-state index is -0.396. The van der Waals surface area contributed by atoms with E-state index in [0.29, 0.717) is 16.3 Å². The molecule has 0 unspecified atom stereocenters. The summed E-state index contributed by atoms with van der Waals surface area (Å²) in [5.74, 6) is -0.759. The lowest BCUT2D eigenvalue weighted by Crippen LogP contribution is -2.41. The van der Waals surface area contributed by atoms with Gasteiger partial charge >= 0.3 is 0 Å². The molecular formula is C11H12N4O2S. The van der Waals surface area contributed by atoms with Crippen LogP contribution >= 0.6 is 11.3 Å². The van der Waals surface area contributed by atoms with Gasteiger partial charge in [0.15, 0.2) is 0 Å². The Morgan fingerprint density at radius 1 is 1.28 bits per heavy atom. The van der Waals surface area contributed by atoms with Crippen LogP contribution in [-0.2, 0) is 0 Å². The molecule has 0 bridgehead atoms. The second-order valence-electron chi connectivity index (χ2n) is 3.64. The van der Waals surface area contributed by atoms with Crippen LogP contribution in [0.2, 0.25) is 0 Å². The number of thiazole rings is 1. The molecule has 0 aliphatic carbocycles. The normalized spacial score (nSPS) is 10.1. The molecule has 0 saturated carbocycles. The molecule has 0 radical (unpaired) electrons. The predicted molar refractivity (Wildman–Crippen MR) is 67.3 cm³/mol. The van der Waals surface area contributed by atoms with Crippen molar-refractivity contribution in [2.24, 2.45) is 0 Å². The predicted octanol–water partition coefficient (Wildman–Crippen LogP) is 1.16. The number of H-pyrrole nitrogens is 1. The van der Waals surface area contributed by atoms with E-state index in [0.717, 1.165) is 5.01 Å². The molecule has 2 aromatic heterocycles. The van der Waals surface area contributed by atoms with E-state index in [1.54, 1.807) is 25.3 Å². The number of hydrogen-bond acceptors (Lipinski definition) is 4. The molecule has 0 aromatic carbocycles. The maximum Gasteiger partial charge on any atom is 0.286 e. The molecule has 0 aliphatic rings. The third kappa shape index (κ3) is 2.57. The van der Waals surface area contributed by atoms with Crippen LogP contribution in [0.1, 0.15) is 30.9 Å². The van der Waals surface area contributed by atoms with Gasteiger partial charge in [0.2, 0.25) is 0 Å². The maximum atomic E-state index is 11.8. The topological polar surface area (TPSA) is 86.9 Å². The first kappa shape index (κ1) is 12.3. The molecule has 2 aromatic rings. The van der Waals surface area contributed by atoms with Gasteiger partial charge in [0.25, 0.3) is 11.8 Å². The summed E-state index contributed by atoms with van der Waals surface area (Å²) in [4.78, 5) is 30.7. The van der Waals surface area contributed by atoms with Crippen molar-refractivity contribution in [1.29, 1.82) is 0 Å². The van der Waals surface area contributed by atoms with Crippen LogP contribution < -0.4 is 10.9 Å². The van der Waals surface area contributed by atoms with Crippen LogP contribution in [0.15, 0.2) is 18.3 Å². The highest BCUT2D eigenvalue weighted by Gasteiger charge is 2.14. The van der Waals surface area contributed by atoms with E-state index in [-0.39, 0.29) is 5.91 Å². The number of aryl methyl sites for hydroxylation is 2. The summed E-state index contributed by atoms with van der Waals surface area (Å²) in [6.07, 6.45) is 1.63. The smallest absolute Gasteiger partial charge is 0.286 e. The zero-order valence-electron chi connectivity index (χ0n) is 9.90. The standard InChI is InChI=1S/C11H12N4O2S/c1-6-9(18-7(2)13-6)11(17)15-14-10(16)8-4-3-5-12-8/h3-5,12H,1-2H3,(H,14,16)(H,15,17). The van der Waals surface area contributed by atoms with Gasteiger partial charge in [-0.15, -0.1) is 11.3 Å². The van der Waals surface area contributed by atoms with Crippen LogP contribution in [0.25, 0.3) is 0 Å². The number of amides is 2. The van der Waals surface area contributed by atoms with Crippen molar-refractivity contribution < 1.29 is 9.59 Å². The average Bonchev–Trinajstić information content (AvgIpc) is 2.95. The van der Waals surface area contributed by atoms with Gasteiger partial charge in [-0.2, -0.15) is 0 Å². The molecule has 2 rings (SSSR count). The highest BCUT2D eigenvalue weighted by molar-refractivity contribution is 7.13. The minimum Gasteiger partial charge on any atom is -0.357 e. The van der Waals surface area contributed by atoms with E-state index < -0.39 is 5.91 Å². The van der Waals surface area contributed by atoms with Gasteiger partial charge in [-0.25, -0.2) is 4.98 Å². The van der Waals surface area contributed by atoms with E-state index in [4.69, 9.17) is 0 Å². The first-order valence-electron chi connectivity index (χ1n) is 5.26. The monoisotopic (exact) mass is 264 g/mol. The van der Waals surface area contributed by atoms with E-state index in [2.05, 4.69) is 20.8 Å². The second kappa shape index (κ2) is 5.01. The molecule has 7 heteroatoms. The number of hydrazine groups is 1. The Hall–Kier alpha value is -2.15. The third-order valence-electron chi connectivity index (χ3n) is 2.24. The highest BCUT2D eigenvalue weighted by atomic mass is 32.1. The van der Waals surface area contributed by atoms with Gasteiger partial charge in [0.1, 0.15) is 10.6 Å². The zero-order chi connectivity index (χ0) is 13.1. The molecular weight excluding hydrogens is 252 g/mol. The summed E-state index contributed by atoms with van der Waals surface area (Å²) in [5.41, 5.74) is 5.72. The molecule has 2 amide bonds. The fourth-order valence-electron chi connectivity index (χ4n) is 1.45. The highest BCUT2D eigenvalue weighted by Crippen LogP contribution is 2.16. The number of aromatic nitrogens is 2. The lowest BCUT2D eigenvalue weighted by molar-refractivity contribution is 0.0846. The summed E-state index contributed by atoms with van der Waals surface area (Å²) in [5, 5.41) is 0.813. The van der Waals surface area contributed by atoms with Crippen LogP contribution in [0.5, 0.6) is 0 Å². The molecule has 0 atom stereocenters. The van der Waals surface area contributed by atoms with Crippen molar-refractivity contribution in [1.82, 2.24) is 20.8 Å². The molecule has 2 heterocycles. The largest absolute Gasteiger partial charge is 0.357 e. The number of carbonyl (C=O) groups is 2. The van der Waals surface area contributed by atoms with Crippen molar-refractivity contribution in [2.45, 2.75) is 13.8 Å². The van der Waals surface area contributed by atoms with Crippen LogP contribution in [-0.4, -0.2) is 21.8 Å². The van der Waals surface area contributed by atoms with Crippen molar-refractivity contribution in [3.63, 3.8) is 0 Å². The summed E-state index contributed by atoms with van der Waals surface area (Å²) in [7, 11) is 0. The van der Waals surface area contributed by atoms with Gasteiger partial charge in [-0.05, 0) is 26.0 Å². The molecule has 0 aliphatic heterocycles. The summed E-state index contributed by atoms with van der Waals surface area (Å²) < 4.78 is 0. The van der Waals surface area contributed by atoms with E-state index in [9.17, 15) is 9.59 Å². The van der Waals surface area contributed by atoms with Gasteiger partial charge in [-0.1, -0.05) is 0 Å².